The van der Waals surface area contributed by atoms with Crippen molar-refractivity contribution < 1.29 is 4.79 Å². The molecule has 1 aliphatic carbocycles. The zero-order valence-corrected chi connectivity index (χ0v) is 12.3. The first-order valence-corrected chi connectivity index (χ1v) is 7.21. The maximum atomic E-state index is 12.1. The number of hydrogen-bond donors (Lipinski definition) is 1. The van der Waals surface area contributed by atoms with E-state index in [-0.39, 0.29) is 5.91 Å². The first-order chi connectivity index (χ1) is 8.56. The summed E-state index contributed by atoms with van der Waals surface area (Å²) in [5, 5.41) is 10.9. The van der Waals surface area contributed by atoms with E-state index in [1.165, 1.54) is 12.8 Å². The van der Waals surface area contributed by atoms with Crippen LogP contribution in [0.2, 0.25) is 0 Å². The second-order valence-corrected chi connectivity index (χ2v) is 6.27. The molecule has 2 rings (SSSR count). The number of nitrogens with one attached hydrogen (secondary N) is 1. The van der Waals surface area contributed by atoms with Crippen LogP contribution in [0.4, 0.5) is 0 Å². The van der Waals surface area contributed by atoms with Crippen molar-refractivity contribution in [2.24, 2.45) is 5.92 Å². The zero-order valence-electron chi connectivity index (χ0n) is 10.7. The third-order valence-corrected chi connectivity index (χ3v) is 4.21. The van der Waals surface area contributed by atoms with Gasteiger partial charge >= 0.3 is 0 Å². The Hall–Kier alpha value is -0.970. The summed E-state index contributed by atoms with van der Waals surface area (Å²) in [5.41, 5.74) is 2.09. The Bertz CT molecular complexity index is 450. The first-order valence-electron chi connectivity index (χ1n) is 6.29. The summed E-state index contributed by atoms with van der Waals surface area (Å²) in [6, 6.07) is 1.79. The Morgan fingerprint density at radius 1 is 1.44 bits per heavy atom. The molecule has 18 heavy (non-hydrogen) atoms. The van der Waals surface area contributed by atoms with Gasteiger partial charge in [0.25, 0.3) is 5.91 Å². The molecule has 5 heteroatoms. The van der Waals surface area contributed by atoms with E-state index in [0.717, 1.165) is 18.7 Å². The zero-order chi connectivity index (χ0) is 13.1. The summed E-state index contributed by atoms with van der Waals surface area (Å²) >= 11 is 3.62. The van der Waals surface area contributed by atoms with Crippen molar-refractivity contribution in [3.63, 3.8) is 0 Å². The minimum atomic E-state index is -0.0384. The van der Waals surface area contributed by atoms with Crippen molar-refractivity contribution >= 4 is 21.8 Å². The summed E-state index contributed by atoms with van der Waals surface area (Å²) in [5.74, 6) is 0.554. The average Bonchev–Trinajstić information content (AvgIpc) is 2.75. The van der Waals surface area contributed by atoms with Gasteiger partial charge in [-0.1, -0.05) is 15.9 Å². The molecule has 1 fully saturated rings. The number of nitrogens with zero attached hydrogens (tertiary/aromatic N) is 2. The largest absolute Gasteiger partial charge is 0.352 e. The number of halogens is 1. The molecule has 1 aromatic heterocycles. The molecule has 0 spiro atoms. The van der Waals surface area contributed by atoms with E-state index < -0.39 is 0 Å². The molecule has 1 N–H and O–H groups in total. The Balaban J connectivity index is 1.93. The van der Waals surface area contributed by atoms with Crippen molar-refractivity contribution in [2.45, 2.75) is 37.9 Å². The highest BCUT2D eigenvalue weighted by Gasteiger charge is 2.23. The van der Waals surface area contributed by atoms with E-state index in [2.05, 4.69) is 31.4 Å². The van der Waals surface area contributed by atoms with E-state index in [4.69, 9.17) is 0 Å². The lowest BCUT2D eigenvalue weighted by Gasteiger charge is -2.11. The Morgan fingerprint density at radius 2 is 2.22 bits per heavy atom. The van der Waals surface area contributed by atoms with Crippen LogP contribution in [0.5, 0.6) is 0 Å². The quantitative estimate of drug-likeness (QED) is 0.872. The topological polar surface area (TPSA) is 54.9 Å². The Kier molecular flexibility index (Phi) is 4.32. The van der Waals surface area contributed by atoms with Gasteiger partial charge in [-0.05, 0) is 45.1 Å². The second-order valence-electron chi connectivity index (χ2n) is 4.97. The first kappa shape index (κ1) is 13.5. The molecule has 0 radical (unpaired) electrons. The highest BCUT2D eigenvalue weighted by Crippen LogP contribution is 2.30. The number of alkyl halides is 1. The lowest BCUT2D eigenvalue weighted by molar-refractivity contribution is 0.0946. The van der Waals surface area contributed by atoms with Gasteiger partial charge in [0, 0.05) is 11.4 Å². The van der Waals surface area contributed by atoms with Crippen LogP contribution in [-0.2, 0) is 0 Å². The van der Waals surface area contributed by atoms with Gasteiger partial charge in [-0.3, -0.25) is 4.79 Å². The van der Waals surface area contributed by atoms with Gasteiger partial charge in [0.05, 0.1) is 17.0 Å². The summed E-state index contributed by atoms with van der Waals surface area (Å²) in [6.07, 6.45) is 3.53. The maximum absolute atomic E-state index is 12.1. The molecule has 98 valence electrons. The number of aryl methyl sites for hydroxylation is 2. The summed E-state index contributed by atoms with van der Waals surface area (Å²) in [4.78, 5) is 12.7. The molecule has 1 saturated carbocycles. The minimum absolute atomic E-state index is 0.0384. The van der Waals surface area contributed by atoms with Crippen molar-refractivity contribution in [1.82, 2.24) is 15.5 Å². The number of amides is 1. The lowest BCUT2D eigenvalue weighted by Crippen LogP contribution is -2.29. The van der Waals surface area contributed by atoms with Gasteiger partial charge in [0.15, 0.2) is 0 Å². The van der Waals surface area contributed by atoms with E-state index in [9.17, 15) is 4.79 Å². The van der Waals surface area contributed by atoms with Crippen molar-refractivity contribution in [3.8, 4) is 0 Å². The summed E-state index contributed by atoms with van der Waals surface area (Å²) in [6.45, 7) is 4.41. The molecule has 0 aliphatic heterocycles. The van der Waals surface area contributed by atoms with Crippen molar-refractivity contribution in [2.75, 3.05) is 6.54 Å². The van der Waals surface area contributed by atoms with Gasteiger partial charge in [-0.2, -0.15) is 10.2 Å². The monoisotopic (exact) mass is 311 g/mol. The van der Waals surface area contributed by atoms with E-state index in [0.29, 0.717) is 22.0 Å². The van der Waals surface area contributed by atoms with Crippen LogP contribution in [0.15, 0.2) is 6.07 Å². The third-order valence-electron chi connectivity index (χ3n) is 3.37. The normalized spacial score (nSPS) is 23.1. The fourth-order valence-electron chi connectivity index (χ4n) is 2.31. The molecule has 4 nitrogen and oxygen atoms in total. The molecule has 0 aromatic carbocycles. The maximum Gasteiger partial charge on any atom is 0.253 e. The summed E-state index contributed by atoms with van der Waals surface area (Å²) < 4.78 is 0. The van der Waals surface area contributed by atoms with Gasteiger partial charge < -0.3 is 5.32 Å². The van der Waals surface area contributed by atoms with Crippen LogP contribution in [0.3, 0.4) is 0 Å². The fourth-order valence-corrected chi connectivity index (χ4v) is 3.10. The van der Waals surface area contributed by atoms with Crippen LogP contribution >= 0.6 is 15.9 Å². The van der Waals surface area contributed by atoms with E-state index >= 15 is 0 Å². The van der Waals surface area contributed by atoms with E-state index in [1.54, 1.807) is 6.07 Å². The van der Waals surface area contributed by atoms with Gasteiger partial charge in [-0.25, -0.2) is 0 Å². The lowest BCUT2D eigenvalue weighted by atomic mass is 10.1. The van der Waals surface area contributed by atoms with Crippen LogP contribution in [-0.4, -0.2) is 27.5 Å². The molecule has 1 aromatic rings. The molecule has 2 unspecified atom stereocenters. The molecule has 1 amide bonds. The number of hydrogen-bond acceptors (Lipinski definition) is 3. The third kappa shape index (κ3) is 3.28. The average molecular weight is 312 g/mol. The van der Waals surface area contributed by atoms with Crippen molar-refractivity contribution in [1.29, 1.82) is 0 Å². The second kappa shape index (κ2) is 5.78. The van der Waals surface area contributed by atoms with Gasteiger partial charge in [-0.15, -0.1) is 0 Å². The van der Waals surface area contributed by atoms with Crippen LogP contribution < -0.4 is 5.32 Å². The van der Waals surface area contributed by atoms with Gasteiger partial charge in [0.1, 0.15) is 0 Å². The van der Waals surface area contributed by atoms with Crippen molar-refractivity contribution in [3.05, 3.63) is 23.0 Å². The highest BCUT2D eigenvalue weighted by molar-refractivity contribution is 9.09. The molecule has 2 atom stereocenters. The molecular weight excluding hydrogens is 294 g/mol. The molecule has 1 heterocycles. The highest BCUT2D eigenvalue weighted by atomic mass is 79.9. The fraction of sp³-hybridized carbons (Fsp3) is 0.615. The molecule has 0 bridgehead atoms. The molecular formula is C13H18BrN3O. The number of carbonyl (C=O) groups excluding carboxylic acids is 1. The smallest absolute Gasteiger partial charge is 0.253 e. The van der Waals surface area contributed by atoms with Gasteiger partial charge in [0.2, 0.25) is 0 Å². The molecule has 0 saturated heterocycles. The van der Waals surface area contributed by atoms with E-state index in [1.807, 2.05) is 13.8 Å². The van der Waals surface area contributed by atoms with Crippen LogP contribution in [0, 0.1) is 19.8 Å². The summed E-state index contributed by atoms with van der Waals surface area (Å²) in [7, 11) is 0. The Labute approximate surface area is 116 Å². The molecule has 1 aliphatic rings. The minimum Gasteiger partial charge on any atom is -0.352 e. The Morgan fingerprint density at radius 3 is 2.89 bits per heavy atom. The number of aromatic nitrogens is 2. The number of rotatable bonds is 3. The predicted molar refractivity (Wildman–Crippen MR) is 73.9 cm³/mol. The standard InChI is InChI=1S/C13H18BrN3O/c1-8-5-12(9(2)17-16-8)13(18)15-7-10-3-4-11(14)6-10/h5,10-11H,3-4,6-7H2,1-2H3,(H,15,18). The SMILES string of the molecule is Cc1cc(C(=O)NCC2CCC(Br)C2)c(C)nn1. The van der Waals surface area contributed by atoms with Crippen LogP contribution in [0.25, 0.3) is 0 Å². The predicted octanol–water partition coefficient (Wildman–Crippen LogP) is 2.39. The van der Waals surface area contributed by atoms with Crippen LogP contribution in [0.1, 0.15) is 41.0 Å². The number of carbonyl (C=O) groups is 1.